The van der Waals surface area contributed by atoms with Crippen LogP contribution >= 0.6 is 0 Å². The molecule has 1 atom stereocenters. The van der Waals surface area contributed by atoms with Crippen LogP contribution in [0.4, 0.5) is 0 Å². The highest BCUT2D eigenvalue weighted by atomic mass is 14.7. The summed E-state index contributed by atoms with van der Waals surface area (Å²) in [5.41, 5.74) is 0. The molecule has 0 aliphatic rings. The largest absolute Gasteiger partial charge is 0.290 e. The lowest BCUT2D eigenvalue weighted by atomic mass is 10.3. The van der Waals surface area contributed by atoms with Gasteiger partial charge in [0.25, 0.3) is 0 Å². The zero-order valence-electron chi connectivity index (χ0n) is 7.17. The van der Waals surface area contributed by atoms with Crippen molar-refractivity contribution in [3.05, 3.63) is 12.2 Å². The molecule has 0 saturated carbocycles. The fourth-order valence-electron chi connectivity index (χ4n) is 0.499. The van der Waals surface area contributed by atoms with Crippen LogP contribution in [0.15, 0.2) is 17.1 Å². The minimum absolute atomic E-state index is 0.474. The van der Waals surface area contributed by atoms with Crippen LogP contribution in [-0.2, 0) is 0 Å². The van der Waals surface area contributed by atoms with E-state index >= 15 is 0 Å². The maximum Gasteiger partial charge on any atom is 0.0468 e. The van der Waals surface area contributed by atoms with Crippen LogP contribution in [0.25, 0.3) is 0 Å². The number of nitrogens with zero attached hydrogens (tertiary/aromatic N) is 1. The Hall–Kier alpha value is -0.590. The van der Waals surface area contributed by atoms with Gasteiger partial charge in [-0.05, 0) is 25.8 Å². The average molecular weight is 139 g/mol. The molecule has 0 N–H and O–H groups in total. The zero-order chi connectivity index (χ0) is 7.82. The van der Waals surface area contributed by atoms with E-state index in [1.54, 1.807) is 0 Å². The molecular formula is C9H17N. The van der Waals surface area contributed by atoms with Gasteiger partial charge in [0.15, 0.2) is 0 Å². The summed E-state index contributed by atoms with van der Waals surface area (Å²) in [6.45, 7) is 6.38. The van der Waals surface area contributed by atoms with E-state index in [0.29, 0.717) is 6.04 Å². The van der Waals surface area contributed by atoms with E-state index in [9.17, 15) is 0 Å². The van der Waals surface area contributed by atoms with Crippen molar-refractivity contribution in [1.29, 1.82) is 0 Å². The second-order valence-electron chi connectivity index (χ2n) is 2.39. The molecule has 0 saturated heterocycles. The Balaban J connectivity index is 3.44. The Labute approximate surface area is 63.9 Å². The van der Waals surface area contributed by atoms with Gasteiger partial charge in [0, 0.05) is 12.3 Å². The van der Waals surface area contributed by atoms with Crippen molar-refractivity contribution in [2.45, 2.75) is 39.7 Å². The molecule has 0 aromatic heterocycles. The fourth-order valence-corrected chi connectivity index (χ4v) is 0.499. The zero-order valence-corrected chi connectivity index (χ0v) is 7.17. The maximum atomic E-state index is 4.27. The van der Waals surface area contributed by atoms with E-state index in [1.807, 2.05) is 12.3 Å². The molecule has 0 aliphatic carbocycles. The third-order valence-corrected chi connectivity index (χ3v) is 1.39. The summed E-state index contributed by atoms with van der Waals surface area (Å²) >= 11 is 0. The molecule has 58 valence electrons. The normalized spacial score (nSPS) is 15.1. The van der Waals surface area contributed by atoms with Gasteiger partial charge in [0.1, 0.15) is 0 Å². The Bertz CT molecular complexity index is 114. The second kappa shape index (κ2) is 6.53. The van der Waals surface area contributed by atoms with Crippen molar-refractivity contribution in [2.75, 3.05) is 0 Å². The molecule has 0 rings (SSSR count). The summed E-state index contributed by atoms with van der Waals surface area (Å²) in [6.07, 6.45) is 8.21. The van der Waals surface area contributed by atoms with Crippen molar-refractivity contribution in [3.8, 4) is 0 Å². The van der Waals surface area contributed by atoms with Crippen LogP contribution in [0.2, 0.25) is 0 Å². The molecule has 0 aromatic carbocycles. The summed E-state index contributed by atoms with van der Waals surface area (Å²) in [5.74, 6) is 0. The van der Waals surface area contributed by atoms with Crippen LogP contribution in [0.5, 0.6) is 0 Å². The van der Waals surface area contributed by atoms with E-state index < -0.39 is 0 Å². The van der Waals surface area contributed by atoms with Crippen LogP contribution in [0.1, 0.15) is 33.6 Å². The molecule has 0 aromatic rings. The van der Waals surface area contributed by atoms with Crippen molar-refractivity contribution >= 4 is 6.21 Å². The first-order chi connectivity index (χ1) is 4.81. The summed E-state index contributed by atoms with van der Waals surface area (Å²) in [6, 6.07) is 0.474. The number of hydrogen-bond acceptors (Lipinski definition) is 1. The maximum absolute atomic E-state index is 4.27. The Morgan fingerprint density at radius 1 is 1.40 bits per heavy atom. The standard InChI is InChI=1S/C9H17N/c1-4-6-7-8-10-9(3)5-2/h6-9H,4-5H2,1-3H3/b7-6+,10-8?. The first-order valence-corrected chi connectivity index (χ1v) is 3.99. The summed E-state index contributed by atoms with van der Waals surface area (Å²) < 4.78 is 0. The van der Waals surface area contributed by atoms with Gasteiger partial charge in [0.2, 0.25) is 0 Å². The van der Waals surface area contributed by atoms with E-state index in [-0.39, 0.29) is 0 Å². The Morgan fingerprint density at radius 3 is 2.60 bits per heavy atom. The van der Waals surface area contributed by atoms with Gasteiger partial charge >= 0.3 is 0 Å². The van der Waals surface area contributed by atoms with Crippen molar-refractivity contribution < 1.29 is 0 Å². The topological polar surface area (TPSA) is 12.4 Å². The fraction of sp³-hybridized carbons (Fsp3) is 0.667. The first kappa shape index (κ1) is 9.41. The highest BCUT2D eigenvalue weighted by Gasteiger charge is 1.87. The number of allylic oxidation sites excluding steroid dienone is 2. The highest BCUT2D eigenvalue weighted by Crippen LogP contribution is 1.92. The molecule has 10 heavy (non-hydrogen) atoms. The summed E-state index contributed by atoms with van der Waals surface area (Å²) in [7, 11) is 0. The van der Waals surface area contributed by atoms with Gasteiger partial charge in [-0.2, -0.15) is 0 Å². The summed E-state index contributed by atoms with van der Waals surface area (Å²) in [5, 5.41) is 0. The first-order valence-electron chi connectivity index (χ1n) is 3.99. The van der Waals surface area contributed by atoms with E-state index in [4.69, 9.17) is 0 Å². The lowest BCUT2D eigenvalue weighted by Crippen LogP contribution is -1.93. The number of rotatable bonds is 4. The minimum Gasteiger partial charge on any atom is -0.290 e. The molecule has 0 heterocycles. The van der Waals surface area contributed by atoms with Gasteiger partial charge in [-0.25, -0.2) is 0 Å². The molecule has 1 heteroatoms. The third-order valence-electron chi connectivity index (χ3n) is 1.39. The van der Waals surface area contributed by atoms with E-state index in [0.717, 1.165) is 12.8 Å². The SMILES string of the molecule is CC/C=C/C=NC(C)CC. The molecule has 0 amide bonds. The number of hydrogen-bond donors (Lipinski definition) is 0. The molecule has 0 fully saturated rings. The molecule has 0 aliphatic heterocycles. The van der Waals surface area contributed by atoms with Crippen LogP contribution < -0.4 is 0 Å². The molecular weight excluding hydrogens is 122 g/mol. The molecule has 0 bridgehead atoms. The van der Waals surface area contributed by atoms with E-state index in [1.165, 1.54) is 0 Å². The smallest absolute Gasteiger partial charge is 0.0468 e. The van der Waals surface area contributed by atoms with Crippen molar-refractivity contribution in [3.63, 3.8) is 0 Å². The van der Waals surface area contributed by atoms with Gasteiger partial charge in [0.05, 0.1) is 0 Å². The predicted octanol–water partition coefficient (Wildman–Crippen LogP) is 2.82. The number of aliphatic imine (C=N–C) groups is 1. The van der Waals surface area contributed by atoms with Gasteiger partial charge < -0.3 is 0 Å². The second-order valence-corrected chi connectivity index (χ2v) is 2.39. The van der Waals surface area contributed by atoms with Gasteiger partial charge in [-0.1, -0.05) is 19.9 Å². The summed E-state index contributed by atoms with van der Waals surface area (Å²) in [4.78, 5) is 4.27. The van der Waals surface area contributed by atoms with Crippen LogP contribution in [-0.4, -0.2) is 12.3 Å². The third kappa shape index (κ3) is 5.54. The van der Waals surface area contributed by atoms with Crippen molar-refractivity contribution in [1.82, 2.24) is 0 Å². The minimum atomic E-state index is 0.474. The lowest BCUT2D eigenvalue weighted by Gasteiger charge is -1.96. The van der Waals surface area contributed by atoms with Crippen LogP contribution in [0, 0.1) is 0 Å². The van der Waals surface area contributed by atoms with Gasteiger partial charge in [-0.15, -0.1) is 0 Å². The highest BCUT2D eigenvalue weighted by molar-refractivity contribution is 5.71. The lowest BCUT2D eigenvalue weighted by molar-refractivity contribution is 0.721. The Kier molecular flexibility index (Phi) is 6.14. The van der Waals surface area contributed by atoms with E-state index in [2.05, 4.69) is 31.8 Å². The Morgan fingerprint density at radius 2 is 2.10 bits per heavy atom. The molecule has 1 unspecified atom stereocenters. The van der Waals surface area contributed by atoms with Gasteiger partial charge in [-0.3, -0.25) is 4.99 Å². The predicted molar refractivity (Wildman–Crippen MR) is 47.7 cm³/mol. The monoisotopic (exact) mass is 139 g/mol. The molecule has 0 radical (unpaired) electrons. The van der Waals surface area contributed by atoms with Crippen molar-refractivity contribution in [2.24, 2.45) is 4.99 Å². The molecule has 0 spiro atoms. The van der Waals surface area contributed by atoms with Crippen LogP contribution in [0.3, 0.4) is 0 Å². The quantitative estimate of drug-likeness (QED) is 0.531. The average Bonchev–Trinajstić information content (AvgIpc) is 1.98. The molecule has 1 nitrogen and oxygen atoms in total.